The van der Waals surface area contributed by atoms with Crippen LogP contribution in [0.1, 0.15) is 24.5 Å². The number of alkyl halides is 2. The fourth-order valence-electron chi connectivity index (χ4n) is 3.51. The number of hydrogen-bond acceptors (Lipinski definition) is 4. The summed E-state index contributed by atoms with van der Waals surface area (Å²) in [6, 6.07) is 15.7. The van der Waals surface area contributed by atoms with E-state index in [1.165, 1.54) is 12.1 Å². The third-order valence-corrected chi connectivity index (χ3v) is 4.96. The van der Waals surface area contributed by atoms with Crippen LogP contribution in [-0.4, -0.2) is 42.2 Å². The summed E-state index contributed by atoms with van der Waals surface area (Å²) in [4.78, 5) is 14.3. The van der Waals surface area contributed by atoms with E-state index in [2.05, 4.69) is 10.1 Å². The molecule has 150 valence electrons. The number of carbonyl (C=O) groups excluding carboxylic acids is 1. The number of likely N-dealkylation sites (tertiary alicyclic amines) is 1. The predicted molar refractivity (Wildman–Crippen MR) is 102 cm³/mol. The first kappa shape index (κ1) is 20.2. The van der Waals surface area contributed by atoms with Crippen molar-refractivity contribution in [1.29, 1.82) is 0 Å². The number of rotatable bonds is 7. The van der Waals surface area contributed by atoms with Gasteiger partial charge in [0.2, 0.25) is 5.91 Å². The van der Waals surface area contributed by atoms with Crippen LogP contribution in [0.5, 0.6) is 5.75 Å². The monoisotopic (exact) mass is 390 g/mol. The van der Waals surface area contributed by atoms with Crippen LogP contribution in [0.25, 0.3) is 0 Å². The van der Waals surface area contributed by atoms with Gasteiger partial charge in [0.1, 0.15) is 5.75 Å². The van der Waals surface area contributed by atoms with Gasteiger partial charge in [0.25, 0.3) is 0 Å². The Balaban J connectivity index is 1.49. The Hall–Kier alpha value is -2.51. The molecule has 0 radical (unpaired) electrons. The molecule has 1 aliphatic heterocycles. The molecule has 1 heterocycles. The Labute approximate surface area is 162 Å². The van der Waals surface area contributed by atoms with E-state index in [0.29, 0.717) is 13.1 Å². The molecule has 2 N–H and O–H groups in total. The zero-order chi connectivity index (χ0) is 19.9. The van der Waals surface area contributed by atoms with Crippen LogP contribution in [0, 0.1) is 5.92 Å². The lowest BCUT2D eigenvalue weighted by Gasteiger charge is -2.34. The van der Waals surface area contributed by atoms with Crippen LogP contribution in [0.4, 0.5) is 14.5 Å². The van der Waals surface area contributed by atoms with E-state index in [9.17, 15) is 18.7 Å². The first-order chi connectivity index (χ1) is 13.5. The second kappa shape index (κ2) is 9.61. The summed E-state index contributed by atoms with van der Waals surface area (Å²) >= 11 is 0. The summed E-state index contributed by atoms with van der Waals surface area (Å²) in [7, 11) is 0. The highest BCUT2D eigenvalue weighted by atomic mass is 19.3. The largest absolute Gasteiger partial charge is 0.433 e. The van der Waals surface area contributed by atoms with Gasteiger partial charge in [0.05, 0.1) is 18.3 Å². The van der Waals surface area contributed by atoms with Gasteiger partial charge in [-0.3, -0.25) is 9.69 Å². The normalized spacial score (nSPS) is 16.7. The predicted octanol–water partition coefficient (Wildman–Crippen LogP) is 3.67. The van der Waals surface area contributed by atoms with E-state index in [-0.39, 0.29) is 29.8 Å². The Kier molecular flexibility index (Phi) is 6.95. The highest BCUT2D eigenvalue weighted by Crippen LogP contribution is 2.30. The van der Waals surface area contributed by atoms with E-state index in [4.69, 9.17) is 0 Å². The maximum absolute atomic E-state index is 12.5. The topological polar surface area (TPSA) is 61.8 Å². The van der Waals surface area contributed by atoms with Crippen molar-refractivity contribution < 1.29 is 23.4 Å². The highest BCUT2D eigenvalue weighted by Gasteiger charge is 2.27. The number of ether oxygens (including phenoxy) is 1. The third kappa shape index (κ3) is 5.50. The molecule has 0 saturated carbocycles. The van der Waals surface area contributed by atoms with Crippen LogP contribution in [-0.2, 0) is 4.79 Å². The number of anilines is 1. The molecule has 0 aromatic heterocycles. The molecule has 1 fully saturated rings. The first-order valence-electron chi connectivity index (χ1n) is 9.32. The van der Waals surface area contributed by atoms with Gasteiger partial charge < -0.3 is 15.2 Å². The van der Waals surface area contributed by atoms with Gasteiger partial charge in [-0.25, -0.2) is 0 Å². The number of aliphatic hydroxyl groups excluding tert-OH is 1. The maximum Gasteiger partial charge on any atom is 0.387 e. The molecular weight excluding hydrogens is 366 g/mol. The summed E-state index contributed by atoms with van der Waals surface area (Å²) in [5, 5.41) is 13.2. The molecule has 7 heteroatoms. The van der Waals surface area contributed by atoms with Gasteiger partial charge in [-0.1, -0.05) is 42.5 Å². The van der Waals surface area contributed by atoms with E-state index < -0.39 is 12.7 Å². The lowest BCUT2D eigenvalue weighted by molar-refractivity contribution is -0.117. The van der Waals surface area contributed by atoms with E-state index in [1.807, 2.05) is 35.2 Å². The van der Waals surface area contributed by atoms with Crippen molar-refractivity contribution in [3.05, 3.63) is 60.2 Å². The van der Waals surface area contributed by atoms with E-state index in [0.717, 1.165) is 18.4 Å². The number of para-hydroxylation sites is 2. The lowest BCUT2D eigenvalue weighted by atomic mass is 9.87. The van der Waals surface area contributed by atoms with Crippen LogP contribution < -0.4 is 10.1 Å². The van der Waals surface area contributed by atoms with Crippen molar-refractivity contribution in [2.75, 3.05) is 25.0 Å². The second-order valence-electron chi connectivity index (χ2n) is 6.89. The van der Waals surface area contributed by atoms with Crippen LogP contribution in [0.15, 0.2) is 54.6 Å². The zero-order valence-corrected chi connectivity index (χ0v) is 15.4. The zero-order valence-electron chi connectivity index (χ0n) is 15.4. The summed E-state index contributed by atoms with van der Waals surface area (Å²) in [5.41, 5.74) is 1.14. The molecule has 5 nitrogen and oxygen atoms in total. The minimum absolute atomic E-state index is 0.0597. The lowest BCUT2D eigenvalue weighted by Crippen LogP contribution is -2.40. The van der Waals surface area contributed by atoms with E-state index >= 15 is 0 Å². The molecule has 1 atom stereocenters. The molecule has 0 bridgehead atoms. The fourth-order valence-corrected chi connectivity index (χ4v) is 3.51. The Morgan fingerprint density at radius 3 is 2.43 bits per heavy atom. The van der Waals surface area contributed by atoms with Crippen molar-refractivity contribution in [3.8, 4) is 5.75 Å². The Morgan fingerprint density at radius 2 is 1.75 bits per heavy atom. The molecule has 3 rings (SSSR count). The number of nitrogens with zero attached hydrogens (tertiary/aromatic N) is 1. The molecule has 1 amide bonds. The molecule has 1 aliphatic rings. The van der Waals surface area contributed by atoms with Gasteiger partial charge >= 0.3 is 6.61 Å². The van der Waals surface area contributed by atoms with E-state index in [1.54, 1.807) is 12.1 Å². The number of hydrogen-bond donors (Lipinski definition) is 2. The van der Waals surface area contributed by atoms with Crippen molar-refractivity contribution in [3.63, 3.8) is 0 Å². The molecule has 2 aromatic carbocycles. The van der Waals surface area contributed by atoms with Crippen molar-refractivity contribution >= 4 is 11.6 Å². The van der Waals surface area contributed by atoms with Gasteiger partial charge in [-0.2, -0.15) is 8.78 Å². The second-order valence-corrected chi connectivity index (χ2v) is 6.89. The molecule has 28 heavy (non-hydrogen) atoms. The van der Waals surface area contributed by atoms with Crippen LogP contribution in [0.2, 0.25) is 0 Å². The number of halogens is 2. The number of amides is 1. The molecular formula is C21H24F2N2O3. The quantitative estimate of drug-likeness (QED) is 0.757. The number of nitrogens with one attached hydrogen (secondary N) is 1. The first-order valence-corrected chi connectivity index (χ1v) is 9.32. The van der Waals surface area contributed by atoms with Gasteiger partial charge in [0, 0.05) is 0 Å². The number of piperidine rings is 1. The summed E-state index contributed by atoms with van der Waals surface area (Å²) in [5.74, 6) is -0.190. The Morgan fingerprint density at radius 1 is 1.11 bits per heavy atom. The standard InChI is InChI=1S/C21H24F2N2O3/c22-21(23)28-18-9-5-4-8-17(18)24-19(26)14-25-12-10-16(11-13-25)20(27)15-6-2-1-3-7-15/h1-9,16,20-21,27H,10-14H2,(H,24,26). The summed E-state index contributed by atoms with van der Waals surface area (Å²) < 4.78 is 29.4. The Bertz CT molecular complexity index is 765. The molecule has 1 unspecified atom stereocenters. The molecule has 1 saturated heterocycles. The average Bonchev–Trinajstić information content (AvgIpc) is 2.70. The van der Waals surface area contributed by atoms with Crippen molar-refractivity contribution in [2.24, 2.45) is 5.92 Å². The van der Waals surface area contributed by atoms with Gasteiger partial charge in [-0.05, 0) is 49.5 Å². The molecule has 0 spiro atoms. The minimum Gasteiger partial charge on any atom is -0.433 e. The van der Waals surface area contributed by atoms with Gasteiger partial charge in [0.15, 0.2) is 0 Å². The summed E-state index contributed by atoms with van der Waals surface area (Å²) in [6.07, 6.45) is 1.07. The smallest absolute Gasteiger partial charge is 0.387 e. The number of benzene rings is 2. The fraction of sp³-hybridized carbons (Fsp3) is 0.381. The summed E-state index contributed by atoms with van der Waals surface area (Å²) in [6.45, 7) is -1.40. The third-order valence-electron chi connectivity index (χ3n) is 4.96. The SMILES string of the molecule is O=C(CN1CCC(C(O)c2ccccc2)CC1)Nc1ccccc1OC(F)F. The molecule has 2 aromatic rings. The van der Waals surface area contributed by atoms with Crippen molar-refractivity contribution in [2.45, 2.75) is 25.6 Å². The minimum atomic E-state index is -2.95. The number of aliphatic hydroxyl groups is 1. The maximum atomic E-state index is 12.5. The van der Waals surface area contributed by atoms with Crippen LogP contribution in [0.3, 0.4) is 0 Å². The number of carbonyl (C=O) groups is 1. The highest BCUT2D eigenvalue weighted by molar-refractivity contribution is 5.93. The molecule has 0 aliphatic carbocycles. The van der Waals surface area contributed by atoms with Crippen molar-refractivity contribution in [1.82, 2.24) is 4.90 Å². The van der Waals surface area contributed by atoms with Gasteiger partial charge in [-0.15, -0.1) is 0 Å². The average molecular weight is 390 g/mol. The van der Waals surface area contributed by atoms with Crippen LogP contribution >= 0.6 is 0 Å².